The molecular formula is C18H22N6O4. The van der Waals surface area contributed by atoms with Crippen LogP contribution in [0, 0.1) is 0 Å². The Balaban J connectivity index is 1.69. The number of ether oxygens (including phenoxy) is 3. The van der Waals surface area contributed by atoms with Crippen molar-refractivity contribution in [3.8, 4) is 17.2 Å². The average molecular weight is 386 g/mol. The van der Waals surface area contributed by atoms with Crippen molar-refractivity contribution in [3.63, 3.8) is 0 Å². The first kappa shape index (κ1) is 18.0. The van der Waals surface area contributed by atoms with Crippen LogP contribution < -0.4 is 29.6 Å². The third-order valence-electron chi connectivity index (χ3n) is 4.86. The molecule has 3 heterocycles. The van der Waals surface area contributed by atoms with Gasteiger partial charge in [-0.2, -0.15) is 4.98 Å². The molecule has 4 rings (SSSR count). The summed E-state index contributed by atoms with van der Waals surface area (Å²) in [6.45, 7) is 2.95. The molecule has 10 heteroatoms. The maximum atomic E-state index is 12.8. The van der Waals surface area contributed by atoms with Crippen LogP contribution >= 0.6 is 0 Å². The van der Waals surface area contributed by atoms with Crippen LogP contribution in [0.4, 0.5) is 11.9 Å². The second-order valence-corrected chi connectivity index (χ2v) is 6.32. The smallest absolute Gasteiger partial charge is 0.286 e. The molecule has 1 aliphatic rings. The van der Waals surface area contributed by atoms with E-state index < -0.39 is 0 Å². The number of hydrogen-bond acceptors (Lipinski definition) is 8. The largest absolute Gasteiger partial charge is 0.493 e. The number of methoxy groups -OCH3 is 3. The highest BCUT2D eigenvalue weighted by atomic mass is 16.5. The fourth-order valence-electron chi connectivity index (χ4n) is 3.48. The summed E-state index contributed by atoms with van der Waals surface area (Å²) < 4.78 is 16.2. The Labute approximate surface area is 161 Å². The quantitative estimate of drug-likeness (QED) is 0.669. The molecule has 28 heavy (non-hydrogen) atoms. The van der Waals surface area contributed by atoms with Crippen molar-refractivity contribution in [1.29, 1.82) is 0 Å². The van der Waals surface area contributed by atoms with Crippen LogP contribution in [0.1, 0.15) is 0 Å². The molecule has 0 atom stereocenters. The van der Waals surface area contributed by atoms with Gasteiger partial charge in [0.1, 0.15) is 5.39 Å². The predicted molar refractivity (Wildman–Crippen MR) is 105 cm³/mol. The van der Waals surface area contributed by atoms with E-state index in [-0.39, 0.29) is 5.56 Å². The first-order valence-electron chi connectivity index (χ1n) is 8.88. The van der Waals surface area contributed by atoms with Gasteiger partial charge in [-0.15, -0.1) is 0 Å². The normalized spacial score (nSPS) is 14.4. The van der Waals surface area contributed by atoms with Crippen LogP contribution in [-0.2, 0) is 0 Å². The summed E-state index contributed by atoms with van der Waals surface area (Å²) in [6.07, 6.45) is 3.54. The summed E-state index contributed by atoms with van der Waals surface area (Å²) in [6, 6.07) is 1.72. The van der Waals surface area contributed by atoms with Gasteiger partial charge in [0.25, 0.3) is 5.56 Å². The molecule has 10 nitrogen and oxygen atoms in total. The number of piperazine rings is 1. The Bertz CT molecular complexity index is 1020. The highest BCUT2D eigenvalue weighted by Gasteiger charge is 2.23. The minimum Gasteiger partial charge on any atom is -0.493 e. The Kier molecular flexibility index (Phi) is 4.68. The lowest BCUT2D eigenvalue weighted by atomic mass is 10.2. The van der Waals surface area contributed by atoms with E-state index in [1.807, 2.05) is 4.90 Å². The Hall–Kier alpha value is -3.43. The molecule has 2 aromatic heterocycles. The van der Waals surface area contributed by atoms with Gasteiger partial charge >= 0.3 is 0 Å². The molecule has 0 aliphatic carbocycles. The maximum absolute atomic E-state index is 12.8. The number of nitrogens with zero attached hydrogens (tertiary/aromatic N) is 4. The van der Waals surface area contributed by atoms with Gasteiger partial charge in [0.2, 0.25) is 17.6 Å². The first-order chi connectivity index (χ1) is 13.7. The fraction of sp³-hybridized carbons (Fsp3) is 0.389. The number of rotatable bonds is 5. The number of aromatic nitrogens is 4. The summed E-state index contributed by atoms with van der Waals surface area (Å²) in [5, 5.41) is 0.332. The fourth-order valence-corrected chi connectivity index (χ4v) is 3.48. The lowest BCUT2D eigenvalue weighted by Gasteiger charge is -2.34. The van der Waals surface area contributed by atoms with Crippen LogP contribution in [-0.4, -0.2) is 67.4 Å². The van der Waals surface area contributed by atoms with Gasteiger partial charge in [-0.1, -0.05) is 0 Å². The molecule has 0 unspecified atom stereocenters. The molecule has 2 N–H and O–H groups in total. The highest BCUT2D eigenvalue weighted by molar-refractivity contribution is 5.90. The first-order valence-corrected chi connectivity index (χ1v) is 8.88. The summed E-state index contributed by atoms with van der Waals surface area (Å²) in [5.74, 6) is 2.51. The summed E-state index contributed by atoms with van der Waals surface area (Å²) >= 11 is 0. The predicted octanol–water partition coefficient (Wildman–Crippen LogP) is 0.999. The summed E-state index contributed by atoms with van der Waals surface area (Å²) in [7, 11) is 4.52. The molecule has 0 saturated carbocycles. The number of anilines is 2. The van der Waals surface area contributed by atoms with Gasteiger partial charge in [-0.05, 0) is 0 Å². The standard InChI is InChI=1S/C18H22N6O4/c1-26-12-10-11-13(15(28-3)14(12)27-2)16(25)22-18(21-11)24-8-6-23(7-9-24)17-19-4-5-20-17/h4-5,10H,6-9H2,1-3H3,(H,19,20)(H,21,22,25). The van der Waals surface area contributed by atoms with E-state index in [0.29, 0.717) is 47.2 Å². The second kappa shape index (κ2) is 7.29. The number of fused-ring (bicyclic) bond motifs is 1. The van der Waals surface area contributed by atoms with Crippen molar-refractivity contribution in [2.45, 2.75) is 0 Å². The van der Waals surface area contributed by atoms with Gasteiger partial charge < -0.3 is 34.0 Å². The van der Waals surface area contributed by atoms with E-state index in [1.54, 1.807) is 18.5 Å². The van der Waals surface area contributed by atoms with Crippen molar-refractivity contribution in [2.75, 3.05) is 57.3 Å². The Morgan fingerprint density at radius 2 is 1.64 bits per heavy atom. The molecule has 0 amide bonds. The van der Waals surface area contributed by atoms with Crippen LogP contribution in [0.25, 0.3) is 10.9 Å². The Morgan fingerprint density at radius 1 is 0.964 bits per heavy atom. The molecule has 3 aromatic rings. The zero-order valence-electron chi connectivity index (χ0n) is 16.0. The minimum absolute atomic E-state index is 0.305. The van der Waals surface area contributed by atoms with E-state index in [9.17, 15) is 4.79 Å². The number of aromatic amines is 2. The molecule has 0 bridgehead atoms. The molecule has 1 aromatic carbocycles. The maximum Gasteiger partial charge on any atom is 0.286 e. The number of nitrogens with one attached hydrogen (secondary N) is 2. The molecule has 1 saturated heterocycles. The molecule has 0 spiro atoms. The summed E-state index contributed by atoms with van der Waals surface area (Å²) in [5.41, 5.74) is 0.202. The van der Waals surface area contributed by atoms with Crippen molar-refractivity contribution in [2.24, 2.45) is 0 Å². The average Bonchev–Trinajstić information content (AvgIpc) is 3.27. The molecule has 148 valence electrons. The van der Waals surface area contributed by atoms with Crippen molar-refractivity contribution >= 4 is 22.8 Å². The van der Waals surface area contributed by atoms with E-state index >= 15 is 0 Å². The van der Waals surface area contributed by atoms with Crippen LogP contribution in [0.2, 0.25) is 0 Å². The second-order valence-electron chi connectivity index (χ2n) is 6.32. The third-order valence-corrected chi connectivity index (χ3v) is 4.86. The van der Waals surface area contributed by atoms with E-state index in [2.05, 4.69) is 24.8 Å². The number of imidazole rings is 1. The molecule has 1 fully saturated rings. The third kappa shape index (κ3) is 2.96. The van der Waals surface area contributed by atoms with E-state index in [0.717, 1.165) is 19.0 Å². The number of benzene rings is 1. The van der Waals surface area contributed by atoms with Gasteiger partial charge in [0, 0.05) is 44.6 Å². The molecule has 1 aliphatic heterocycles. The van der Waals surface area contributed by atoms with Gasteiger partial charge in [-0.25, -0.2) is 4.98 Å². The monoisotopic (exact) mass is 386 g/mol. The van der Waals surface area contributed by atoms with Crippen molar-refractivity contribution < 1.29 is 14.2 Å². The SMILES string of the molecule is COc1cc2[nH]c(N3CCN(c4ncc[nH]4)CC3)nc(=O)c2c(OC)c1OC. The zero-order valence-corrected chi connectivity index (χ0v) is 16.0. The minimum atomic E-state index is -0.380. The molecule has 0 radical (unpaired) electrons. The Morgan fingerprint density at radius 3 is 2.21 bits per heavy atom. The van der Waals surface area contributed by atoms with Crippen LogP contribution in [0.15, 0.2) is 23.3 Å². The molecular weight excluding hydrogens is 364 g/mol. The lowest BCUT2D eigenvalue weighted by molar-refractivity contribution is 0.327. The zero-order chi connectivity index (χ0) is 19.7. The topological polar surface area (TPSA) is 109 Å². The van der Waals surface area contributed by atoms with Gasteiger partial charge in [0.05, 0.1) is 26.8 Å². The van der Waals surface area contributed by atoms with E-state index in [1.165, 1.54) is 21.3 Å². The van der Waals surface area contributed by atoms with E-state index in [4.69, 9.17) is 14.2 Å². The van der Waals surface area contributed by atoms with Crippen molar-refractivity contribution in [3.05, 3.63) is 28.8 Å². The number of H-pyrrole nitrogens is 2. The van der Waals surface area contributed by atoms with Gasteiger partial charge in [-0.3, -0.25) is 4.79 Å². The van der Waals surface area contributed by atoms with Gasteiger partial charge in [0.15, 0.2) is 11.5 Å². The highest BCUT2D eigenvalue weighted by Crippen LogP contribution is 2.41. The number of hydrogen-bond donors (Lipinski definition) is 2. The van der Waals surface area contributed by atoms with Crippen LogP contribution in [0.3, 0.4) is 0 Å². The van der Waals surface area contributed by atoms with Crippen LogP contribution in [0.5, 0.6) is 17.2 Å². The summed E-state index contributed by atoms with van der Waals surface area (Å²) in [4.78, 5) is 31.9. The lowest BCUT2D eigenvalue weighted by Crippen LogP contribution is -2.47. The van der Waals surface area contributed by atoms with Crippen molar-refractivity contribution in [1.82, 2.24) is 19.9 Å².